The highest BCUT2D eigenvalue weighted by molar-refractivity contribution is 6.29. The molecular formula is C7H10O3. The first-order chi connectivity index (χ1) is 4.70. The first-order valence-corrected chi connectivity index (χ1v) is 3.20. The van der Waals surface area contributed by atoms with E-state index in [2.05, 4.69) is 0 Å². The number of hydrogen-bond donors (Lipinski definition) is 0. The van der Waals surface area contributed by atoms with Gasteiger partial charge in [-0.1, -0.05) is 6.92 Å². The van der Waals surface area contributed by atoms with Crippen LogP contribution in [0.4, 0.5) is 0 Å². The van der Waals surface area contributed by atoms with Crippen molar-refractivity contribution in [2.75, 3.05) is 0 Å². The number of hydrogen-bond acceptors (Lipinski definition) is 3. The Balaban J connectivity index is 3.57. The van der Waals surface area contributed by atoms with E-state index in [4.69, 9.17) is 0 Å². The van der Waals surface area contributed by atoms with E-state index in [9.17, 15) is 14.4 Å². The third kappa shape index (κ3) is 3.95. The largest absolute Gasteiger partial charge is 0.299 e. The van der Waals surface area contributed by atoms with Crippen LogP contribution in [0, 0.1) is 0 Å². The number of ketones is 2. The van der Waals surface area contributed by atoms with Gasteiger partial charge < -0.3 is 0 Å². The van der Waals surface area contributed by atoms with Crippen molar-refractivity contribution < 1.29 is 14.4 Å². The lowest BCUT2D eigenvalue weighted by Crippen LogP contribution is -2.07. The van der Waals surface area contributed by atoms with Crippen molar-refractivity contribution in [1.82, 2.24) is 0 Å². The Bertz CT molecular complexity index is 149. The Labute approximate surface area is 59.4 Å². The summed E-state index contributed by atoms with van der Waals surface area (Å²) in [7, 11) is 0. The van der Waals surface area contributed by atoms with E-state index in [0.717, 1.165) is 6.42 Å². The fourth-order valence-electron chi connectivity index (χ4n) is 0.603. The lowest BCUT2D eigenvalue weighted by atomic mass is 10.1. The smallest absolute Gasteiger partial charge is 0.202 e. The molecule has 0 radical (unpaired) electrons. The Morgan fingerprint density at radius 2 is 2.00 bits per heavy atom. The second kappa shape index (κ2) is 4.85. The summed E-state index contributed by atoms with van der Waals surface area (Å²) < 4.78 is 0. The summed E-state index contributed by atoms with van der Waals surface area (Å²) in [6.07, 6.45) is 1.08. The second-order valence-corrected chi connectivity index (χ2v) is 2.05. The van der Waals surface area contributed by atoms with E-state index in [1.54, 1.807) is 0 Å². The Hall–Kier alpha value is -0.990. The second-order valence-electron chi connectivity index (χ2n) is 2.05. The molecule has 0 aromatic heterocycles. The molecule has 0 aliphatic rings. The van der Waals surface area contributed by atoms with Crippen LogP contribution in [0.5, 0.6) is 0 Å². The van der Waals surface area contributed by atoms with Crippen LogP contribution in [0.2, 0.25) is 0 Å². The Morgan fingerprint density at radius 3 is 2.40 bits per heavy atom. The van der Waals surface area contributed by atoms with Gasteiger partial charge in [0.15, 0.2) is 6.29 Å². The first kappa shape index (κ1) is 9.01. The molecule has 0 heterocycles. The maximum Gasteiger partial charge on any atom is 0.202 e. The van der Waals surface area contributed by atoms with Gasteiger partial charge in [0.05, 0.1) is 6.42 Å². The van der Waals surface area contributed by atoms with Gasteiger partial charge in [0.25, 0.3) is 0 Å². The molecule has 0 aliphatic carbocycles. The lowest BCUT2D eigenvalue weighted by Gasteiger charge is -1.90. The molecule has 0 saturated carbocycles. The van der Waals surface area contributed by atoms with Gasteiger partial charge in [0.2, 0.25) is 5.78 Å². The fourth-order valence-corrected chi connectivity index (χ4v) is 0.603. The minimum Gasteiger partial charge on any atom is -0.299 e. The predicted octanol–water partition coefficient (Wildman–Crippen LogP) is 0.514. The molecule has 56 valence electrons. The van der Waals surface area contributed by atoms with Crippen LogP contribution in [0.3, 0.4) is 0 Å². The average Bonchev–Trinajstić information content (AvgIpc) is 1.88. The molecule has 0 saturated heterocycles. The van der Waals surface area contributed by atoms with Crippen molar-refractivity contribution in [1.29, 1.82) is 0 Å². The molecule has 10 heavy (non-hydrogen) atoms. The number of carbonyl (C=O) groups is 3. The molecule has 0 fully saturated rings. The highest BCUT2D eigenvalue weighted by atomic mass is 16.2. The van der Waals surface area contributed by atoms with Crippen LogP contribution in [-0.2, 0) is 14.4 Å². The van der Waals surface area contributed by atoms with E-state index in [0.29, 0.717) is 6.42 Å². The number of aldehydes is 1. The monoisotopic (exact) mass is 142 g/mol. The summed E-state index contributed by atoms with van der Waals surface area (Å²) in [5.41, 5.74) is 0. The standard InChI is InChI=1S/C7H10O3/c1-2-3-6(9)4-7(10)5-8/h5H,2-4H2,1H3. The van der Waals surface area contributed by atoms with Gasteiger partial charge in [-0.25, -0.2) is 0 Å². The minimum atomic E-state index is -0.626. The highest BCUT2D eigenvalue weighted by Crippen LogP contribution is 1.93. The van der Waals surface area contributed by atoms with E-state index < -0.39 is 5.78 Å². The molecule has 0 aromatic carbocycles. The van der Waals surface area contributed by atoms with Crippen molar-refractivity contribution in [3.8, 4) is 0 Å². The predicted molar refractivity (Wildman–Crippen MR) is 35.6 cm³/mol. The molecule has 0 spiro atoms. The maximum absolute atomic E-state index is 10.6. The fraction of sp³-hybridized carbons (Fsp3) is 0.571. The molecule has 0 amide bonds. The normalized spacial score (nSPS) is 8.90. The van der Waals surface area contributed by atoms with Crippen LogP contribution in [-0.4, -0.2) is 17.9 Å². The van der Waals surface area contributed by atoms with Gasteiger partial charge in [0, 0.05) is 6.42 Å². The molecule has 0 N–H and O–H groups in total. The first-order valence-electron chi connectivity index (χ1n) is 3.20. The SMILES string of the molecule is CCCC(=O)CC(=O)C=O. The third-order valence-corrected chi connectivity index (χ3v) is 1.03. The summed E-state index contributed by atoms with van der Waals surface area (Å²) in [4.78, 5) is 30.7. The van der Waals surface area contributed by atoms with Crippen LogP contribution in [0.1, 0.15) is 26.2 Å². The lowest BCUT2D eigenvalue weighted by molar-refractivity contribution is -0.133. The van der Waals surface area contributed by atoms with Crippen LogP contribution in [0.25, 0.3) is 0 Å². The van der Waals surface area contributed by atoms with E-state index in [1.807, 2.05) is 6.92 Å². The maximum atomic E-state index is 10.6. The molecule has 3 heteroatoms. The molecule has 0 bridgehead atoms. The molecule has 0 aliphatic heterocycles. The molecule has 0 unspecified atom stereocenters. The zero-order valence-electron chi connectivity index (χ0n) is 5.92. The van der Waals surface area contributed by atoms with Crippen LogP contribution < -0.4 is 0 Å². The van der Waals surface area contributed by atoms with E-state index >= 15 is 0 Å². The molecular weight excluding hydrogens is 132 g/mol. The summed E-state index contributed by atoms with van der Waals surface area (Å²) >= 11 is 0. The third-order valence-electron chi connectivity index (χ3n) is 1.03. The van der Waals surface area contributed by atoms with Crippen molar-refractivity contribution >= 4 is 17.9 Å². The van der Waals surface area contributed by atoms with Crippen molar-refractivity contribution in [3.63, 3.8) is 0 Å². The summed E-state index contributed by atoms with van der Waals surface area (Å²) in [5.74, 6) is -0.780. The summed E-state index contributed by atoms with van der Waals surface area (Å²) in [5, 5.41) is 0. The minimum absolute atomic E-state index is 0.153. The molecule has 0 aromatic rings. The summed E-state index contributed by atoms with van der Waals surface area (Å²) in [6, 6.07) is 0. The molecule has 0 atom stereocenters. The summed E-state index contributed by atoms with van der Waals surface area (Å²) in [6.45, 7) is 1.85. The van der Waals surface area contributed by atoms with E-state index in [-0.39, 0.29) is 18.5 Å². The van der Waals surface area contributed by atoms with Gasteiger partial charge in [-0.2, -0.15) is 0 Å². The molecule has 0 rings (SSSR count). The van der Waals surface area contributed by atoms with Crippen molar-refractivity contribution in [2.45, 2.75) is 26.2 Å². The van der Waals surface area contributed by atoms with Gasteiger partial charge in [-0.15, -0.1) is 0 Å². The number of rotatable bonds is 5. The van der Waals surface area contributed by atoms with Crippen LogP contribution in [0.15, 0.2) is 0 Å². The Kier molecular flexibility index (Phi) is 4.37. The zero-order valence-corrected chi connectivity index (χ0v) is 5.92. The topological polar surface area (TPSA) is 51.2 Å². The van der Waals surface area contributed by atoms with Gasteiger partial charge in [0.1, 0.15) is 5.78 Å². The van der Waals surface area contributed by atoms with Gasteiger partial charge in [-0.05, 0) is 6.42 Å². The Morgan fingerprint density at radius 1 is 1.40 bits per heavy atom. The van der Waals surface area contributed by atoms with Crippen molar-refractivity contribution in [2.24, 2.45) is 0 Å². The number of carbonyl (C=O) groups excluding carboxylic acids is 3. The van der Waals surface area contributed by atoms with Gasteiger partial charge in [-0.3, -0.25) is 14.4 Å². The van der Waals surface area contributed by atoms with Crippen LogP contribution >= 0.6 is 0 Å². The quantitative estimate of drug-likeness (QED) is 0.319. The molecule has 3 nitrogen and oxygen atoms in total. The zero-order chi connectivity index (χ0) is 7.98. The average molecular weight is 142 g/mol. The van der Waals surface area contributed by atoms with Gasteiger partial charge >= 0.3 is 0 Å². The van der Waals surface area contributed by atoms with Crippen molar-refractivity contribution in [3.05, 3.63) is 0 Å². The highest BCUT2D eigenvalue weighted by Gasteiger charge is 2.05. The van der Waals surface area contributed by atoms with E-state index in [1.165, 1.54) is 0 Å². The number of Topliss-reactive ketones (excluding diaryl/α,β-unsaturated/α-hetero) is 2.